The normalized spacial score (nSPS) is 12.5. The number of nitrogens with two attached hydrogens (primary N) is 1. The van der Waals surface area contributed by atoms with Crippen molar-refractivity contribution >= 4 is 45.7 Å². The van der Waals surface area contributed by atoms with E-state index in [1.165, 1.54) is 6.07 Å². The van der Waals surface area contributed by atoms with Crippen molar-refractivity contribution in [3.63, 3.8) is 0 Å². The summed E-state index contributed by atoms with van der Waals surface area (Å²) in [5.41, 5.74) is 7.11. The lowest BCUT2D eigenvalue weighted by Crippen LogP contribution is -2.19. The molecule has 3 N–H and O–H groups in total. The zero-order valence-electron chi connectivity index (χ0n) is 9.39. The lowest BCUT2D eigenvalue weighted by Gasteiger charge is -2.16. The maximum atomic E-state index is 13.4. The van der Waals surface area contributed by atoms with Crippen LogP contribution >= 0.6 is 34.4 Å². The van der Waals surface area contributed by atoms with E-state index in [1.807, 2.05) is 34.4 Å². The molecule has 16 heavy (non-hydrogen) atoms. The number of benzene rings is 1. The Bertz CT molecular complexity index is 360. The van der Waals surface area contributed by atoms with E-state index in [-0.39, 0.29) is 11.9 Å². The summed E-state index contributed by atoms with van der Waals surface area (Å²) in [4.78, 5) is 0. The summed E-state index contributed by atoms with van der Waals surface area (Å²) in [7, 11) is 0. The van der Waals surface area contributed by atoms with E-state index in [2.05, 4.69) is 19.2 Å². The minimum atomic E-state index is -0.229. The van der Waals surface area contributed by atoms with E-state index in [4.69, 9.17) is 5.73 Å². The molecule has 0 amide bonds. The van der Waals surface area contributed by atoms with Crippen molar-refractivity contribution in [1.82, 2.24) is 0 Å². The van der Waals surface area contributed by atoms with Gasteiger partial charge in [0.1, 0.15) is 5.82 Å². The highest BCUT2D eigenvalue weighted by Gasteiger charge is 2.08. The highest BCUT2D eigenvalue weighted by molar-refractivity contribution is 14.1. The Morgan fingerprint density at radius 1 is 1.56 bits per heavy atom. The first-order chi connectivity index (χ1) is 7.54. The molecular weight excluding hydrogens is 338 g/mol. The molecule has 0 aliphatic heterocycles. The van der Waals surface area contributed by atoms with Crippen molar-refractivity contribution in [2.75, 3.05) is 22.6 Å². The number of hydrogen-bond donors (Lipinski definition) is 2. The summed E-state index contributed by atoms with van der Waals surface area (Å²) in [6, 6.07) is 3.40. The number of halogens is 2. The molecule has 1 atom stereocenters. The molecule has 0 heterocycles. The molecule has 5 heteroatoms. The van der Waals surface area contributed by atoms with E-state index in [9.17, 15) is 4.39 Å². The van der Waals surface area contributed by atoms with Gasteiger partial charge in [0.2, 0.25) is 0 Å². The van der Waals surface area contributed by atoms with Crippen molar-refractivity contribution < 1.29 is 4.39 Å². The number of rotatable bonds is 5. The molecule has 1 aromatic carbocycles. The molecule has 90 valence electrons. The van der Waals surface area contributed by atoms with Crippen molar-refractivity contribution in [3.05, 3.63) is 21.5 Å². The van der Waals surface area contributed by atoms with Gasteiger partial charge in [-0.1, -0.05) is 6.92 Å². The molecule has 1 aromatic rings. The number of nitrogen functional groups attached to an aromatic ring is 1. The highest BCUT2D eigenvalue weighted by Crippen LogP contribution is 2.25. The molecule has 0 aliphatic carbocycles. The van der Waals surface area contributed by atoms with Gasteiger partial charge in [-0.25, -0.2) is 4.39 Å². The molecule has 0 saturated heterocycles. The Morgan fingerprint density at radius 2 is 2.25 bits per heavy atom. The molecular formula is C11H16FIN2S. The zero-order valence-corrected chi connectivity index (χ0v) is 12.4. The van der Waals surface area contributed by atoms with Gasteiger partial charge in [0, 0.05) is 17.9 Å². The minimum Gasteiger partial charge on any atom is -0.397 e. The summed E-state index contributed by atoms with van der Waals surface area (Å²) < 4.78 is 13.9. The van der Waals surface area contributed by atoms with Crippen molar-refractivity contribution in [2.24, 2.45) is 0 Å². The Kier molecular flexibility index (Phi) is 5.68. The van der Waals surface area contributed by atoms with Gasteiger partial charge < -0.3 is 11.1 Å². The first-order valence-electron chi connectivity index (χ1n) is 5.13. The molecule has 0 spiro atoms. The van der Waals surface area contributed by atoms with Gasteiger partial charge in [-0.05, 0) is 41.3 Å². The topological polar surface area (TPSA) is 38.0 Å². The zero-order chi connectivity index (χ0) is 12.1. The number of nitrogens with one attached hydrogen (secondary N) is 1. The van der Waals surface area contributed by atoms with Crippen molar-refractivity contribution in [3.8, 4) is 0 Å². The third kappa shape index (κ3) is 4.01. The largest absolute Gasteiger partial charge is 0.397 e. The monoisotopic (exact) mass is 354 g/mol. The second kappa shape index (κ2) is 6.54. The molecule has 2 nitrogen and oxygen atoms in total. The lowest BCUT2D eigenvalue weighted by molar-refractivity contribution is 0.621. The van der Waals surface area contributed by atoms with Crippen LogP contribution in [0.15, 0.2) is 12.1 Å². The van der Waals surface area contributed by atoms with Crippen LogP contribution in [-0.2, 0) is 0 Å². The molecule has 0 bridgehead atoms. The second-order valence-corrected chi connectivity index (χ2v) is 6.04. The smallest absolute Gasteiger partial charge is 0.138 e. The lowest BCUT2D eigenvalue weighted by atomic mass is 10.2. The summed E-state index contributed by atoms with van der Waals surface area (Å²) in [5.74, 6) is 1.85. The van der Waals surface area contributed by atoms with Gasteiger partial charge in [0.15, 0.2) is 0 Å². The third-order valence-corrected chi connectivity index (χ3v) is 4.04. The average Bonchev–Trinajstić information content (AvgIpc) is 2.23. The van der Waals surface area contributed by atoms with Crippen molar-refractivity contribution in [2.45, 2.75) is 19.9 Å². The fourth-order valence-electron chi connectivity index (χ4n) is 1.29. The van der Waals surface area contributed by atoms with Gasteiger partial charge in [-0.15, -0.1) is 0 Å². The predicted molar refractivity (Wildman–Crippen MR) is 79.6 cm³/mol. The quantitative estimate of drug-likeness (QED) is 0.627. The molecule has 0 aromatic heterocycles. The van der Waals surface area contributed by atoms with Crippen LogP contribution in [0.1, 0.15) is 13.8 Å². The van der Waals surface area contributed by atoms with Gasteiger partial charge in [0.25, 0.3) is 0 Å². The molecule has 0 aliphatic rings. The molecule has 0 saturated carbocycles. The van der Waals surface area contributed by atoms with Crippen LogP contribution in [-0.4, -0.2) is 17.5 Å². The standard InChI is InChI=1S/C11H16FIN2S/c1-3-16-6-7(2)15-11-4-8(12)9(13)5-10(11)14/h4-5,7,15H,3,6,14H2,1-2H3. The summed E-state index contributed by atoms with van der Waals surface area (Å²) >= 11 is 3.79. The number of hydrogen-bond acceptors (Lipinski definition) is 3. The Hall–Kier alpha value is -0.170. The van der Waals surface area contributed by atoms with Crippen LogP contribution in [0.2, 0.25) is 0 Å². The minimum absolute atomic E-state index is 0.229. The highest BCUT2D eigenvalue weighted by atomic mass is 127. The van der Waals surface area contributed by atoms with Crippen LogP contribution in [0, 0.1) is 9.39 Å². The molecule has 1 rings (SSSR count). The van der Waals surface area contributed by atoms with E-state index in [0.717, 1.165) is 11.5 Å². The SMILES string of the molecule is CCSCC(C)Nc1cc(F)c(I)cc1N. The fraction of sp³-hybridized carbons (Fsp3) is 0.455. The number of anilines is 2. The first kappa shape index (κ1) is 13.9. The molecule has 1 unspecified atom stereocenters. The molecule has 0 radical (unpaired) electrons. The summed E-state index contributed by atoms with van der Waals surface area (Å²) in [5, 5.41) is 3.22. The van der Waals surface area contributed by atoms with Crippen LogP contribution in [0.4, 0.5) is 15.8 Å². The fourth-order valence-corrected chi connectivity index (χ4v) is 2.45. The van der Waals surface area contributed by atoms with Crippen LogP contribution in [0.3, 0.4) is 0 Å². The van der Waals surface area contributed by atoms with E-state index in [1.54, 1.807) is 6.07 Å². The van der Waals surface area contributed by atoms with Gasteiger partial charge in [0.05, 0.1) is 14.9 Å². The maximum Gasteiger partial charge on any atom is 0.138 e. The second-order valence-electron chi connectivity index (χ2n) is 3.56. The maximum absolute atomic E-state index is 13.4. The summed E-state index contributed by atoms with van der Waals surface area (Å²) in [6.45, 7) is 4.19. The molecule has 0 fully saturated rings. The summed E-state index contributed by atoms with van der Waals surface area (Å²) in [6.07, 6.45) is 0. The van der Waals surface area contributed by atoms with Gasteiger partial charge in [-0.3, -0.25) is 0 Å². The van der Waals surface area contributed by atoms with E-state index >= 15 is 0 Å². The Labute approximate surface area is 114 Å². The predicted octanol–water partition coefficient (Wildman–Crippen LogP) is 3.57. The Balaban J connectivity index is 2.69. The van der Waals surface area contributed by atoms with E-state index in [0.29, 0.717) is 14.9 Å². The third-order valence-electron chi connectivity index (χ3n) is 2.07. The average molecular weight is 354 g/mol. The van der Waals surface area contributed by atoms with E-state index < -0.39 is 0 Å². The van der Waals surface area contributed by atoms with Gasteiger partial charge >= 0.3 is 0 Å². The van der Waals surface area contributed by atoms with Crippen LogP contribution in [0.25, 0.3) is 0 Å². The Morgan fingerprint density at radius 3 is 2.88 bits per heavy atom. The van der Waals surface area contributed by atoms with Crippen molar-refractivity contribution in [1.29, 1.82) is 0 Å². The number of thioether (sulfide) groups is 1. The first-order valence-corrected chi connectivity index (χ1v) is 7.36. The van der Waals surface area contributed by atoms with Crippen LogP contribution in [0.5, 0.6) is 0 Å². The van der Waals surface area contributed by atoms with Crippen LogP contribution < -0.4 is 11.1 Å². The van der Waals surface area contributed by atoms with Gasteiger partial charge in [-0.2, -0.15) is 11.8 Å².